The monoisotopic (exact) mass is 307 g/mol. The van der Waals surface area contributed by atoms with E-state index in [0.717, 1.165) is 24.4 Å². The molecule has 1 unspecified atom stereocenters. The molecule has 1 saturated heterocycles. The van der Waals surface area contributed by atoms with E-state index in [1.807, 2.05) is 31.2 Å². The van der Waals surface area contributed by atoms with Gasteiger partial charge in [-0.15, -0.1) is 0 Å². The number of quaternary nitrogens is 1. The van der Waals surface area contributed by atoms with Crippen molar-refractivity contribution in [1.29, 1.82) is 0 Å². The van der Waals surface area contributed by atoms with Crippen LogP contribution < -0.4 is 15.0 Å². The number of methoxy groups -OCH3 is 1. The molecule has 1 aromatic carbocycles. The summed E-state index contributed by atoms with van der Waals surface area (Å²) in [6.45, 7) is 8.42. The maximum Gasteiger partial charge on any atom is 0.278 e. The lowest BCUT2D eigenvalue weighted by molar-refractivity contribution is -0.928. The molecule has 0 aromatic heterocycles. The molecule has 0 aliphatic carbocycles. The fourth-order valence-electron chi connectivity index (χ4n) is 2.94. The van der Waals surface area contributed by atoms with Gasteiger partial charge >= 0.3 is 0 Å². The Balaban J connectivity index is 1.85. The first-order valence-electron chi connectivity index (χ1n) is 7.90. The van der Waals surface area contributed by atoms with Gasteiger partial charge in [0.1, 0.15) is 31.0 Å². The Morgan fingerprint density at radius 1 is 1.32 bits per heavy atom. The number of morpholine rings is 1. The van der Waals surface area contributed by atoms with Crippen LogP contribution in [-0.2, 0) is 16.1 Å². The van der Waals surface area contributed by atoms with Crippen LogP contribution in [0, 0.1) is 0 Å². The standard InChI is InChI=1S/C17H26N2O3/c1-12-10-19(11-13(2)22-12)14(3)17(20)18-9-15-5-7-16(21-4)8-6-15/h5-8,12-14H,9-11H2,1-4H3,(H,18,20)/p+1/t12-,13+,14-/m0/s1. The van der Waals surface area contributed by atoms with Crippen LogP contribution in [0.4, 0.5) is 0 Å². The van der Waals surface area contributed by atoms with E-state index in [-0.39, 0.29) is 24.2 Å². The number of carbonyl (C=O) groups excluding carboxylic acids is 1. The maximum atomic E-state index is 12.4. The molecular weight excluding hydrogens is 280 g/mol. The minimum atomic E-state index is -0.0629. The molecule has 1 amide bonds. The minimum absolute atomic E-state index is 0.0629. The summed E-state index contributed by atoms with van der Waals surface area (Å²) in [5, 5.41) is 3.02. The molecule has 0 bridgehead atoms. The highest BCUT2D eigenvalue weighted by atomic mass is 16.5. The van der Waals surface area contributed by atoms with E-state index < -0.39 is 0 Å². The van der Waals surface area contributed by atoms with Gasteiger partial charge in [0.15, 0.2) is 6.04 Å². The number of rotatable bonds is 5. The van der Waals surface area contributed by atoms with Gasteiger partial charge in [-0.25, -0.2) is 0 Å². The second kappa shape index (κ2) is 7.61. The summed E-state index contributed by atoms with van der Waals surface area (Å²) in [6.07, 6.45) is 0.408. The minimum Gasteiger partial charge on any atom is -0.497 e. The highest BCUT2D eigenvalue weighted by Gasteiger charge is 2.32. The molecule has 0 saturated carbocycles. The first-order valence-corrected chi connectivity index (χ1v) is 7.90. The van der Waals surface area contributed by atoms with E-state index in [4.69, 9.17) is 9.47 Å². The number of ether oxygens (including phenoxy) is 2. The predicted molar refractivity (Wildman–Crippen MR) is 85.0 cm³/mol. The van der Waals surface area contributed by atoms with Crippen molar-refractivity contribution in [3.05, 3.63) is 29.8 Å². The van der Waals surface area contributed by atoms with Gasteiger partial charge in [-0.05, 0) is 38.5 Å². The average molecular weight is 307 g/mol. The molecule has 122 valence electrons. The smallest absolute Gasteiger partial charge is 0.278 e. The molecule has 0 spiro atoms. The van der Waals surface area contributed by atoms with E-state index in [1.165, 1.54) is 4.90 Å². The van der Waals surface area contributed by atoms with Crippen molar-refractivity contribution in [2.24, 2.45) is 0 Å². The van der Waals surface area contributed by atoms with Gasteiger partial charge in [0, 0.05) is 6.54 Å². The molecule has 1 fully saturated rings. The van der Waals surface area contributed by atoms with Gasteiger partial charge in [0.25, 0.3) is 5.91 Å². The van der Waals surface area contributed by atoms with Crippen LogP contribution in [0.1, 0.15) is 26.3 Å². The van der Waals surface area contributed by atoms with E-state index in [9.17, 15) is 4.79 Å². The zero-order valence-corrected chi connectivity index (χ0v) is 13.9. The Kier molecular flexibility index (Phi) is 5.80. The van der Waals surface area contributed by atoms with Gasteiger partial charge in [-0.2, -0.15) is 0 Å². The van der Waals surface area contributed by atoms with Crippen LogP contribution in [0.5, 0.6) is 5.75 Å². The third-order valence-electron chi connectivity index (χ3n) is 4.20. The third kappa shape index (κ3) is 4.45. The van der Waals surface area contributed by atoms with Gasteiger partial charge in [-0.1, -0.05) is 12.1 Å². The zero-order chi connectivity index (χ0) is 16.1. The van der Waals surface area contributed by atoms with Crippen molar-refractivity contribution in [2.45, 2.75) is 45.6 Å². The zero-order valence-electron chi connectivity index (χ0n) is 13.9. The van der Waals surface area contributed by atoms with Crippen LogP contribution in [-0.4, -0.2) is 44.4 Å². The van der Waals surface area contributed by atoms with Gasteiger partial charge in [0.05, 0.1) is 7.11 Å². The first kappa shape index (κ1) is 16.8. The van der Waals surface area contributed by atoms with Crippen molar-refractivity contribution >= 4 is 5.91 Å². The summed E-state index contributed by atoms with van der Waals surface area (Å²) in [4.78, 5) is 13.6. The number of hydrogen-bond donors (Lipinski definition) is 2. The van der Waals surface area contributed by atoms with E-state index in [0.29, 0.717) is 6.54 Å². The van der Waals surface area contributed by atoms with E-state index >= 15 is 0 Å². The highest BCUT2D eigenvalue weighted by Crippen LogP contribution is 2.10. The number of nitrogens with one attached hydrogen (secondary N) is 2. The normalized spacial score (nSPS) is 26.3. The molecule has 1 aliphatic heterocycles. The SMILES string of the molecule is COc1ccc(CNC(=O)[C@H](C)[NH+]2C[C@@H](C)O[C@@H](C)C2)cc1. The molecule has 1 heterocycles. The topological polar surface area (TPSA) is 52.0 Å². The lowest BCUT2D eigenvalue weighted by Crippen LogP contribution is -3.19. The van der Waals surface area contributed by atoms with E-state index in [2.05, 4.69) is 19.2 Å². The Bertz CT molecular complexity index is 479. The van der Waals surface area contributed by atoms with Crippen LogP contribution in [0.2, 0.25) is 0 Å². The molecule has 22 heavy (non-hydrogen) atoms. The number of benzene rings is 1. The summed E-state index contributed by atoms with van der Waals surface area (Å²) in [5.41, 5.74) is 1.07. The summed E-state index contributed by atoms with van der Waals surface area (Å²) < 4.78 is 10.9. The van der Waals surface area contributed by atoms with Gasteiger partial charge in [0.2, 0.25) is 0 Å². The fourth-order valence-corrected chi connectivity index (χ4v) is 2.94. The summed E-state index contributed by atoms with van der Waals surface area (Å²) in [7, 11) is 1.64. The van der Waals surface area contributed by atoms with Gasteiger partial charge < -0.3 is 19.7 Å². The molecular formula is C17H27N2O3+. The Labute approximate surface area is 132 Å². The van der Waals surface area contributed by atoms with Crippen molar-refractivity contribution in [3.8, 4) is 5.75 Å². The van der Waals surface area contributed by atoms with Crippen molar-refractivity contribution in [2.75, 3.05) is 20.2 Å². The summed E-state index contributed by atoms with van der Waals surface area (Å²) >= 11 is 0. The summed E-state index contributed by atoms with van der Waals surface area (Å²) in [6, 6.07) is 7.68. The predicted octanol–water partition coefficient (Wildman–Crippen LogP) is 0.392. The summed E-state index contributed by atoms with van der Waals surface area (Å²) in [5.74, 6) is 0.913. The van der Waals surface area contributed by atoms with Crippen molar-refractivity contribution < 1.29 is 19.2 Å². The lowest BCUT2D eigenvalue weighted by Gasteiger charge is -2.35. The quantitative estimate of drug-likeness (QED) is 0.827. The Hall–Kier alpha value is -1.59. The molecule has 2 rings (SSSR count). The van der Waals surface area contributed by atoms with Crippen molar-refractivity contribution in [3.63, 3.8) is 0 Å². The number of amides is 1. The van der Waals surface area contributed by atoms with Crippen LogP contribution in [0.25, 0.3) is 0 Å². The van der Waals surface area contributed by atoms with Crippen LogP contribution in [0.15, 0.2) is 24.3 Å². The molecule has 1 aromatic rings. The largest absolute Gasteiger partial charge is 0.497 e. The fraction of sp³-hybridized carbons (Fsp3) is 0.588. The second-order valence-corrected chi connectivity index (χ2v) is 6.11. The molecule has 0 radical (unpaired) electrons. The van der Waals surface area contributed by atoms with Crippen LogP contribution in [0.3, 0.4) is 0 Å². The number of hydrogen-bond acceptors (Lipinski definition) is 3. The molecule has 5 nitrogen and oxygen atoms in total. The maximum absolute atomic E-state index is 12.4. The molecule has 5 heteroatoms. The first-order chi connectivity index (χ1) is 10.5. The highest BCUT2D eigenvalue weighted by molar-refractivity contribution is 5.79. The second-order valence-electron chi connectivity index (χ2n) is 6.11. The van der Waals surface area contributed by atoms with E-state index in [1.54, 1.807) is 7.11 Å². The molecule has 1 aliphatic rings. The average Bonchev–Trinajstić information content (AvgIpc) is 2.51. The third-order valence-corrected chi connectivity index (χ3v) is 4.20. The Morgan fingerprint density at radius 3 is 2.45 bits per heavy atom. The molecule has 2 N–H and O–H groups in total. The lowest BCUT2D eigenvalue weighted by atomic mass is 10.1. The van der Waals surface area contributed by atoms with Crippen molar-refractivity contribution in [1.82, 2.24) is 5.32 Å². The van der Waals surface area contributed by atoms with Gasteiger partial charge in [-0.3, -0.25) is 4.79 Å². The molecule has 4 atom stereocenters. The Morgan fingerprint density at radius 2 is 1.91 bits per heavy atom. The number of carbonyl (C=O) groups is 1. The van der Waals surface area contributed by atoms with Crippen LogP contribution >= 0.6 is 0 Å².